The van der Waals surface area contributed by atoms with Gasteiger partial charge >= 0.3 is 0 Å². The number of thiocarbonyl (C=S) groups is 1. The van der Waals surface area contributed by atoms with Crippen LogP contribution in [0.2, 0.25) is 0 Å². The van der Waals surface area contributed by atoms with Crippen LogP contribution in [0.1, 0.15) is 32.1 Å². The van der Waals surface area contributed by atoms with Crippen molar-refractivity contribution in [3.63, 3.8) is 0 Å². The number of nitrogens with two attached hydrogens (primary N) is 1. The average molecular weight is 319 g/mol. The highest BCUT2D eigenvalue weighted by Gasteiger charge is 2.31. The van der Waals surface area contributed by atoms with Crippen LogP contribution in [0, 0.1) is 5.92 Å². The van der Waals surface area contributed by atoms with Crippen LogP contribution in [0.25, 0.3) is 0 Å². The van der Waals surface area contributed by atoms with Crippen molar-refractivity contribution in [3.05, 3.63) is 0 Å². The van der Waals surface area contributed by atoms with Gasteiger partial charge < -0.3 is 5.73 Å². The van der Waals surface area contributed by atoms with Crippen molar-refractivity contribution in [3.8, 4) is 0 Å². The molecule has 0 saturated carbocycles. The molecule has 20 heavy (non-hydrogen) atoms. The lowest BCUT2D eigenvalue weighted by molar-refractivity contribution is 0.136. The first-order valence-corrected chi connectivity index (χ1v) is 9.62. The van der Waals surface area contributed by atoms with E-state index in [4.69, 9.17) is 18.0 Å². The number of hydrogen-bond acceptors (Lipinski definition) is 4. The Hall–Kier alpha value is -0.240. The van der Waals surface area contributed by atoms with Crippen molar-refractivity contribution < 1.29 is 8.42 Å². The Kier molecular flexibility index (Phi) is 5.39. The van der Waals surface area contributed by atoms with Crippen LogP contribution >= 0.6 is 12.2 Å². The first kappa shape index (κ1) is 16.1. The van der Waals surface area contributed by atoms with Crippen LogP contribution in [0.15, 0.2) is 0 Å². The zero-order valence-corrected chi connectivity index (χ0v) is 13.8. The first-order valence-electron chi connectivity index (χ1n) is 7.36. The fourth-order valence-electron chi connectivity index (χ4n) is 3.34. The lowest BCUT2D eigenvalue weighted by Crippen LogP contribution is -2.51. The van der Waals surface area contributed by atoms with E-state index >= 15 is 0 Å². The summed E-state index contributed by atoms with van der Waals surface area (Å²) in [5.41, 5.74) is 5.84. The van der Waals surface area contributed by atoms with Gasteiger partial charge in [-0.25, -0.2) is 12.7 Å². The van der Waals surface area contributed by atoms with Crippen molar-refractivity contribution in [2.45, 2.75) is 38.1 Å². The molecule has 7 heteroatoms. The van der Waals surface area contributed by atoms with E-state index in [1.165, 1.54) is 19.1 Å². The maximum absolute atomic E-state index is 11.7. The monoisotopic (exact) mass is 319 g/mol. The third-order valence-electron chi connectivity index (χ3n) is 4.39. The van der Waals surface area contributed by atoms with Crippen molar-refractivity contribution in [2.75, 3.05) is 32.4 Å². The molecule has 116 valence electrons. The predicted molar refractivity (Wildman–Crippen MR) is 85.1 cm³/mol. The topological polar surface area (TPSA) is 66.6 Å². The van der Waals surface area contributed by atoms with Gasteiger partial charge in [0.2, 0.25) is 10.0 Å². The van der Waals surface area contributed by atoms with Gasteiger partial charge in [0.05, 0.1) is 17.3 Å². The van der Waals surface area contributed by atoms with Gasteiger partial charge in [-0.2, -0.15) is 0 Å². The van der Waals surface area contributed by atoms with Gasteiger partial charge in [-0.05, 0) is 38.1 Å². The molecule has 0 aromatic carbocycles. The minimum Gasteiger partial charge on any atom is -0.392 e. The summed E-state index contributed by atoms with van der Waals surface area (Å²) in [7, 11) is -3.07. The molecule has 2 saturated heterocycles. The fourth-order valence-corrected chi connectivity index (χ4v) is 4.55. The minimum atomic E-state index is -3.07. The van der Waals surface area contributed by atoms with Gasteiger partial charge in [0.25, 0.3) is 0 Å². The highest BCUT2D eigenvalue weighted by molar-refractivity contribution is 7.88. The molecule has 0 aromatic heterocycles. The average Bonchev–Trinajstić information content (AvgIpc) is 2.38. The number of likely N-dealkylation sites (tertiary alicyclic amines) is 1. The van der Waals surface area contributed by atoms with E-state index in [9.17, 15) is 8.42 Å². The van der Waals surface area contributed by atoms with Gasteiger partial charge in [-0.1, -0.05) is 18.6 Å². The molecule has 0 radical (unpaired) electrons. The summed E-state index contributed by atoms with van der Waals surface area (Å²) in [6.45, 7) is 3.23. The zero-order chi connectivity index (χ0) is 14.8. The number of piperidine rings is 2. The van der Waals surface area contributed by atoms with Gasteiger partial charge in [-0.3, -0.25) is 4.90 Å². The number of hydrogen-bond donors (Lipinski definition) is 1. The van der Waals surface area contributed by atoms with E-state index in [0.717, 1.165) is 32.4 Å². The lowest BCUT2D eigenvalue weighted by Gasteiger charge is -2.39. The molecule has 2 N–H and O–H groups in total. The van der Waals surface area contributed by atoms with Crippen LogP contribution in [-0.4, -0.2) is 61.1 Å². The quantitative estimate of drug-likeness (QED) is 0.776. The SMILES string of the molecule is CS(=O)(=O)N1CCCC(CN2CCCCC2C(N)=S)C1. The van der Waals surface area contributed by atoms with Gasteiger partial charge in [0.15, 0.2) is 0 Å². The van der Waals surface area contributed by atoms with E-state index in [1.54, 1.807) is 4.31 Å². The van der Waals surface area contributed by atoms with E-state index in [2.05, 4.69) is 4.90 Å². The smallest absolute Gasteiger partial charge is 0.211 e. The third-order valence-corrected chi connectivity index (χ3v) is 5.93. The zero-order valence-electron chi connectivity index (χ0n) is 12.1. The molecule has 5 nitrogen and oxygen atoms in total. The van der Waals surface area contributed by atoms with E-state index < -0.39 is 10.0 Å². The molecule has 2 fully saturated rings. The Morgan fingerprint density at radius 2 is 2.00 bits per heavy atom. The molecule has 2 aliphatic rings. The van der Waals surface area contributed by atoms with E-state index in [-0.39, 0.29) is 6.04 Å². The molecule has 0 aromatic rings. The second kappa shape index (κ2) is 6.68. The molecule has 2 atom stereocenters. The number of rotatable bonds is 4. The summed E-state index contributed by atoms with van der Waals surface area (Å²) in [6.07, 6.45) is 6.74. The summed E-state index contributed by atoms with van der Waals surface area (Å²) in [5, 5.41) is 0. The van der Waals surface area contributed by atoms with Gasteiger partial charge in [-0.15, -0.1) is 0 Å². The second-order valence-electron chi connectivity index (χ2n) is 6.04. The number of sulfonamides is 1. The highest BCUT2D eigenvalue weighted by atomic mass is 32.2. The van der Waals surface area contributed by atoms with Crippen molar-refractivity contribution >= 4 is 27.2 Å². The molecule has 0 bridgehead atoms. The highest BCUT2D eigenvalue weighted by Crippen LogP contribution is 2.24. The summed E-state index contributed by atoms with van der Waals surface area (Å²) in [6, 6.07) is 0.201. The summed E-state index contributed by atoms with van der Waals surface area (Å²) in [5.74, 6) is 0.397. The molecule has 2 rings (SSSR count). The maximum atomic E-state index is 11.7. The second-order valence-corrected chi connectivity index (χ2v) is 8.49. The standard InChI is InChI=1S/C13H25N3O2S2/c1-20(17,18)16-8-4-5-11(10-16)9-15-7-3-2-6-12(15)13(14)19/h11-12H,2-10H2,1H3,(H2,14,19). The maximum Gasteiger partial charge on any atom is 0.211 e. The molecular weight excluding hydrogens is 294 g/mol. The predicted octanol–water partition coefficient (Wildman–Crippen LogP) is 0.799. The Bertz CT molecular complexity index is 453. The Balaban J connectivity index is 1.96. The van der Waals surface area contributed by atoms with E-state index in [1.807, 2.05) is 0 Å². The van der Waals surface area contributed by atoms with Crippen LogP contribution in [0.3, 0.4) is 0 Å². The van der Waals surface area contributed by atoms with Gasteiger partial charge in [0.1, 0.15) is 0 Å². The minimum absolute atomic E-state index is 0.201. The van der Waals surface area contributed by atoms with Crippen LogP contribution in [-0.2, 0) is 10.0 Å². The van der Waals surface area contributed by atoms with Crippen molar-refractivity contribution in [1.82, 2.24) is 9.21 Å². The summed E-state index contributed by atoms with van der Waals surface area (Å²) >= 11 is 5.17. The number of nitrogens with zero attached hydrogens (tertiary/aromatic N) is 2. The lowest BCUT2D eigenvalue weighted by atomic mass is 9.95. The third kappa shape index (κ3) is 4.13. The fraction of sp³-hybridized carbons (Fsp3) is 0.923. The first-order chi connectivity index (χ1) is 9.38. The normalized spacial score (nSPS) is 30.2. The molecule has 0 aliphatic carbocycles. The Labute approximate surface area is 127 Å². The van der Waals surface area contributed by atoms with Crippen LogP contribution in [0.5, 0.6) is 0 Å². The van der Waals surface area contributed by atoms with Gasteiger partial charge in [0, 0.05) is 19.6 Å². The van der Waals surface area contributed by atoms with Crippen LogP contribution in [0.4, 0.5) is 0 Å². The molecule has 0 spiro atoms. The summed E-state index contributed by atoms with van der Waals surface area (Å²) in [4.78, 5) is 2.95. The van der Waals surface area contributed by atoms with Crippen molar-refractivity contribution in [2.24, 2.45) is 11.7 Å². The molecule has 2 unspecified atom stereocenters. The Morgan fingerprint density at radius 3 is 2.65 bits per heavy atom. The molecular formula is C13H25N3O2S2. The molecule has 0 amide bonds. The van der Waals surface area contributed by atoms with E-state index in [0.29, 0.717) is 24.0 Å². The van der Waals surface area contributed by atoms with Crippen LogP contribution < -0.4 is 5.73 Å². The molecule has 2 heterocycles. The largest absolute Gasteiger partial charge is 0.392 e. The Morgan fingerprint density at radius 1 is 1.25 bits per heavy atom. The molecule has 2 aliphatic heterocycles. The summed E-state index contributed by atoms with van der Waals surface area (Å²) < 4.78 is 24.9. The van der Waals surface area contributed by atoms with Crippen molar-refractivity contribution in [1.29, 1.82) is 0 Å².